The lowest BCUT2D eigenvalue weighted by Crippen LogP contribution is -2.29. The molecule has 0 amide bonds. The normalized spacial score (nSPS) is 12.2. The number of hydrogen-bond donors (Lipinski definition) is 2. The molecule has 0 bridgehead atoms. The van der Waals surface area contributed by atoms with E-state index in [4.69, 9.17) is 5.73 Å². The first-order valence-corrected chi connectivity index (χ1v) is 5.17. The molecule has 0 atom stereocenters. The van der Waals surface area contributed by atoms with Crippen LogP contribution in [0, 0.1) is 5.82 Å². The molecule has 1 aromatic carbocycles. The monoisotopic (exact) mass is 226 g/mol. The molecule has 0 aromatic heterocycles. The van der Waals surface area contributed by atoms with Crippen LogP contribution in [0.5, 0.6) is 5.75 Å². The maximum absolute atomic E-state index is 13.4. The van der Waals surface area contributed by atoms with Crippen molar-refractivity contribution >= 4 is 0 Å². The van der Waals surface area contributed by atoms with Gasteiger partial charge in [0.05, 0.1) is 0 Å². The van der Waals surface area contributed by atoms with Crippen molar-refractivity contribution < 1.29 is 9.50 Å². The van der Waals surface area contributed by atoms with Crippen LogP contribution < -0.4 is 5.73 Å². The molecule has 0 aliphatic rings. The van der Waals surface area contributed by atoms with E-state index in [1.54, 1.807) is 13.8 Å². The Bertz CT molecular complexity index is 383. The molecule has 0 heterocycles. The number of hydrogen-bond acceptors (Lipinski definition) is 3. The lowest BCUT2D eigenvalue weighted by Gasteiger charge is -2.23. The molecule has 3 N–H and O–H groups in total. The van der Waals surface area contributed by atoms with Crippen LogP contribution in [-0.2, 0) is 12.1 Å². The molecule has 0 saturated heterocycles. The number of nitrogens with zero attached hydrogens (tertiary/aromatic N) is 1. The predicted octanol–water partition coefficient (Wildman–Crippen LogP) is 1.79. The first-order chi connectivity index (χ1) is 7.21. The van der Waals surface area contributed by atoms with E-state index in [9.17, 15) is 9.50 Å². The predicted molar refractivity (Wildman–Crippen MR) is 62.7 cm³/mol. The van der Waals surface area contributed by atoms with Gasteiger partial charge in [-0.1, -0.05) is 0 Å². The van der Waals surface area contributed by atoms with Gasteiger partial charge in [-0.15, -0.1) is 0 Å². The topological polar surface area (TPSA) is 49.5 Å². The van der Waals surface area contributed by atoms with E-state index in [0.717, 1.165) is 0 Å². The maximum atomic E-state index is 13.4. The molecule has 1 rings (SSSR count). The SMILES string of the molecule is CN(C)Cc1cc(F)cc(C(C)(C)N)c1O. The Balaban J connectivity index is 3.26. The van der Waals surface area contributed by atoms with Crippen molar-refractivity contribution in [3.63, 3.8) is 0 Å². The molecule has 0 unspecified atom stereocenters. The number of phenols is 1. The van der Waals surface area contributed by atoms with Crippen LogP contribution in [-0.4, -0.2) is 24.1 Å². The number of nitrogens with two attached hydrogens (primary N) is 1. The Hall–Kier alpha value is -1.13. The Morgan fingerprint density at radius 2 is 1.94 bits per heavy atom. The second kappa shape index (κ2) is 4.39. The zero-order chi connectivity index (χ0) is 12.5. The highest BCUT2D eigenvalue weighted by molar-refractivity contribution is 5.44. The summed E-state index contributed by atoms with van der Waals surface area (Å²) in [6.45, 7) is 3.95. The molecule has 3 nitrogen and oxygen atoms in total. The van der Waals surface area contributed by atoms with Crippen LogP contribution in [0.25, 0.3) is 0 Å². The third-order valence-electron chi connectivity index (χ3n) is 2.33. The molecular formula is C12H19FN2O. The smallest absolute Gasteiger partial charge is 0.125 e. The van der Waals surface area contributed by atoms with Crippen molar-refractivity contribution in [2.75, 3.05) is 14.1 Å². The second-order valence-electron chi connectivity index (χ2n) is 4.92. The summed E-state index contributed by atoms with van der Waals surface area (Å²) in [6, 6.07) is 2.62. The highest BCUT2D eigenvalue weighted by atomic mass is 19.1. The van der Waals surface area contributed by atoms with Gasteiger partial charge in [-0.2, -0.15) is 0 Å². The highest BCUT2D eigenvalue weighted by Crippen LogP contribution is 2.31. The van der Waals surface area contributed by atoms with Crippen molar-refractivity contribution in [2.45, 2.75) is 25.9 Å². The van der Waals surface area contributed by atoms with Crippen LogP contribution in [0.2, 0.25) is 0 Å². The molecular weight excluding hydrogens is 207 g/mol. The summed E-state index contributed by atoms with van der Waals surface area (Å²) in [5, 5.41) is 10.0. The number of rotatable bonds is 3. The summed E-state index contributed by atoms with van der Waals surface area (Å²) in [6.07, 6.45) is 0. The number of aromatic hydroxyl groups is 1. The van der Waals surface area contributed by atoms with Gasteiger partial charge in [0.25, 0.3) is 0 Å². The molecule has 4 heteroatoms. The third kappa shape index (κ3) is 2.93. The van der Waals surface area contributed by atoms with E-state index in [1.165, 1.54) is 12.1 Å². The number of halogens is 1. The zero-order valence-corrected chi connectivity index (χ0v) is 10.2. The Morgan fingerprint density at radius 3 is 2.38 bits per heavy atom. The maximum Gasteiger partial charge on any atom is 0.125 e. The van der Waals surface area contributed by atoms with E-state index in [-0.39, 0.29) is 11.6 Å². The molecule has 1 aromatic rings. The molecule has 90 valence electrons. The molecule has 0 saturated carbocycles. The Kier molecular flexibility index (Phi) is 3.55. The first-order valence-electron chi connectivity index (χ1n) is 5.17. The second-order valence-corrected chi connectivity index (χ2v) is 4.92. The average molecular weight is 226 g/mol. The lowest BCUT2D eigenvalue weighted by atomic mass is 9.92. The van der Waals surface area contributed by atoms with Gasteiger partial charge in [0.15, 0.2) is 0 Å². The Labute approximate surface area is 95.7 Å². The van der Waals surface area contributed by atoms with Crippen molar-refractivity contribution in [1.29, 1.82) is 0 Å². The van der Waals surface area contributed by atoms with Gasteiger partial charge >= 0.3 is 0 Å². The van der Waals surface area contributed by atoms with Gasteiger partial charge in [-0.25, -0.2) is 4.39 Å². The van der Waals surface area contributed by atoms with E-state index in [0.29, 0.717) is 17.7 Å². The van der Waals surface area contributed by atoms with E-state index >= 15 is 0 Å². The quantitative estimate of drug-likeness (QED) is 0.826. The summed E-state index contributed by atoms with van der Waals surface area (Å²) in [7, 11) is 3.72. The summed E-state index contributed by atoms with van der Waals surface area (Å²) < 4.78 is 13.4. The molecule has 0 spiro atoms. The van der Waals surface area contributed by atoms with Crippen LogP contribution in [0.15, 0.2) is 12.1 Å². The molecule has 0 aliphatic carbocycles. The van der Waals surface area contributed by atoms with E-state index in [1.807, 2.05) is 19.0 Å². The van der Waals surface area contributed by atoms with Gasteiger partial charge in [0, 0.05) is 23.2 Å². The van der Waals surface area contributed by atoms with Gasteiger partial charge in [-0.05, 0) is 40.1 Å². The molecule has 0 fully saturated rings. The summed E-state index contributed by atoms with van der Waals surface area (Å²) in [4.78, 5) is 1.86. The fourth-order valence-corrected chi connectivity index (χ4v) is 1.61. The van der Waals surface area contributed by atoms with Gasteiger partial charge in [0.1, 0.15) is 11.6 Å². The van der Waals surface area contributed by atoms with E-state index in [2.05, 4.69) is 0 Å². The van der Waals surface area contributed by atoms with Crippen LogP contribution in [0.3, 0.4) is 0 Å². The minimum Gasteiger partial charge on any atom is -0.507 e. The molecule has 0 aliphatic heterocycles. The lowest BCUT2D eigenvalue weighted by molar-refractivity contribution is 0.376. The molecule has 16 heavy (non-hydrogen) atoms. The van der Waals surface area contributed by atoms with E-state index < -0.39 is 5.54 Å². The summed E-state index contributed by atoms with van der Waals surface area (Å²) in [5.74, 6) is -0.286. The zero-order valence-electron chi connectivity index (χ0n) is 10.2. The average Bonchev–Trinajstić information content (AvgIpc) is 2.07. The standard InChI is InChI=1S/C12H19FN2O/c1-12(2,14)10-6-9(13)5-8(11(10)16)7-15(3)4/h5-6,16H,7,14H2,1-4H3. The van der Waals surface area contributed by atoms with Crippen molar-refractivity contribution in [2.24, 2.45) is 5.73 Å². The largest absolute Gasteiger partial charge is 0.507 e. The minimum atomic E-state index is -0.757. The van der Waals surface area contributed by atoms with Gasteiger partial charge in [-0.3, -0.25) is 0 Å². The first kappa shape index (κ1) is 12.9. The van der Waals surface area contributed by atoms with Crippen LogP contribution in [0.1, 0.15) is 25.0 Å². The number of benzene rings is 1. The van der Waals surface area contributed by atoms with Crippen LogP contribution >= 0.6 is 0 Å². The van der Waals surface area contributed by atoms with Crippen molar-refractivity contribution in [3.8, 4) is 5.75 Å². The Morgan fingerprint density at radius 1 is 1.38 bits per heavy atom. The molecule has 0 radical (unpaired) electrons. The third-order valence-corrected chi connectivity index (χ3v) is 2.33. The van der Waals surface area contributed by atoms with Gasteiger partial charge < -0.3 is 15.7 Å². The van der Waals surface area contributed by atoms with Crippen LogP contribution in [0.4, 0.5) is 4.39 Å². The fourth-order valence-electron chi connectivity index (χ4n) is 1.61. The summed E-state index contributed by atoms with van der Waals surface area (Å²) in [5.41, 5.74) is 6.12. The summed E-state index contributed by atoms with van der Waals surface area (Å²) >= 11 is 0. The van der Waals surface area contributed by atoms with Crippen molar-refractivity contribution in [1.82, 2.24) is 4.90 Å². The van der Waals surface area contributed by atoms with Crippen molar-refractivity contribution in [3.05, 3.63) is 29.1 Å². The fraction of sp³-hybridized carbons (Fsp3) is 0.500. The highest BCUT2D eigenvalue weighted by Gasteiger charge is 2.22. The van der Waals surface area contributed by atoms with Gasteiger partial charge in [0.2, 0.25) is 0 Å². The number of phenolic OH excluding ortho intramolecular Hbond substituents is 1. The minimum absolute atomic E-state index is 0.0857.